The Morgan fingerprint density at radius 3 is 2.15 bits per heavy atom. The Morgan fingerprint density at radius 1 is 1.00 bits per heavy atom. The monoisotopic (exact) mass is 334 g/mol. The molecule has 0 amide bonds. The largest absolute Gasteiger partial charge is 0.481 e. The van der Waals surface area contributed by atoms with Gasteiger partial charge in [-0.2, -0.15) is 0 Å². The highest BCUT2D eigenvalue weighted by Crippen LogP contribution is 2.29. The summed E-state index contributed by atoms with van der Waals surface area (Å²) in [6, 6.07) is 16.2. The fourth-order valence-corrected chi connectivity index (χ4v) is 2.37. The van der Waals surface area contributed by atoms with Gasteiger partial charge in [0.2, 0.25) is 0 Å². The molecular formula is C16H15BrO3. The number of carboxylic acids is 1. The first-order valence-electron chi connectivity index (χ1n) is 6.29. The molecule has 0 aliphatic heterocycles. The molecule has 0 aromatic heterocycles. The minimum atomic E-state index is -0.928. The van der Waals surface area contributed by atoms with E-state index in [0.717, 1.165) is 10.0 Å². The first-order chi connectivity index (χ1) is 9.58. The Labute approximate surface area is 126 Å². The van der Waals surface area contributed by atoms with Crippen molar-refractivity contribution in [2.45, 2.75) is 18.4 Å². The number of hydrogen-bond donors (Lipinski definition) is 2. The third-order valence-electron chi connectivity index (χ3n) is 3.21. The second kappa shape index (κ2) is 6.68. The first-order valence-corrected chi connectivity index (χ1v) is 7.08. The molecule has 2 aromatic rings. The highest BCUT2D eigenvalue weighted by molar-refractivity contribution is 9.10. The van der Waals surface area contributed by atoms with Crippen molar-refractivity contribution in [2.24, 2.45) is 0 Å². The summed E-state index contributed by atoms with van der Waals surface area (Å²) >= 11 is 3.32. The number of halogens is 1. The SMILES string of the molecule is O=C(O)C(CC(O)c1ccccc1)c1ccc(Br)cc1. The van der Waals surface area contributed by atoms with Crippen LogP contribution < -0.4 is 0 Å². The van der Waals surface area contributed by atoms with Crippen LogP contribution in [0.2, 0.25) is 0 Å². The van der Waals surface area contributed by atoms with E-state index in [0.29, 0.717) is 5.56 Å². The van der Waals surface area contributed by atoms with Crippen LogP contribution in [0.1, 0.15) is 29.6 Å². The van der Waals surface area contributed by atoms with E-state index in [1.807, 2.05) is 18.2 Å². The van der Waals surface area contributed by atoms with Crippen LogP contribution in [-0.2, 0) is 4.79 Å². The normalized spacial score (nSPS) is 13.7. The van der Waals surface area contributed by atoms with Gasteiger partial charge in [-0.1, -0.05) is 58.4 Å². The van der Waals surface area contributed by atoms with Gasteiger partial charge in [-0.15, -0.1) is 0 Å². The highest BCUT2D eigenvalue weighted by Gasteiger charge is 2.24. The zero-order valence-corrected chi connectivity index (χ0v) is 12.3. The van der Waals surface area contributed by atoms with Crippen molar-refractivity contribution in [2.75, 3.05) is 0 Å². The van der Waals surface area contributed by atoms with Gasteiger partial charge in [-0.3, -0.25) is 4.79 Å². The number of hydrogen-bond acceptors (Lipinski definition) is 2. The van der Waals surface area contributed by atoms with Gasteiger partial charge in [-0.25, -0.2) is 0 Å². The van der Waals surface area contributed by atoms with Gasteiger partial charge >= 0.3 is 5.97 Å². The van der Waals surface area contributed by atoms with Gasteiger partial charge in [0.05, 0.1) is 12.0 Å². The van der Waals surface area contributed by atoms with Crippen LogP contribution in [-0.4, -0.2) is 16.2 Å². The van der Waals surface area contributed by atoms with Gasteiger partial charge in [0.15, 0.2) is 0 Å². The summed E-state index contributed by atoms with van der Waals surface area (Å²) in [5.41, 5.74) is 1.42. The van der Waals surface area contributed by atoms with Crippen LogP contribution in [0.4, 0.5) is 0 Å². The summed E-state index contributed by atoms with van der Waals surface area (Å²) in [7, 11) is 0. The summed E-state index contributed by atoms with van der Waals surface area (Å²) in [6.45, 7) is 0. The smallest absolute Gasteiger partial charge is 0.311 e. The van der Waals surface area contributed by atoms with Gasteiger partial charge in [0, 0.05) is 4.47 Å². The van der Waals surface area contributed by atoms with Crippen molar-refractivity contribution in [1.29, 1.82) is 0 Å². The minimum absolute atomic E-state index is 0.154. The molecule has 0 spiro atoms. The predicted molar refractivity (Wildman–Crippen MR) is 80.5 cm³/mol. The summed E-state index contributed by atoms with van der Waals surface area (Å²) < 4.78 is 0.897. The van der Waals surface area contributed by atoms with Gasteiger partial charge in [0.1, 0.15) is 0 Å². The maximum absolute atomic E-state index is 11.4. The van der Waals surface area contributed by atoms with Crippen LogP contribution in [0.25, 0.3) is 0 Å². The van der Waals surface area contributed by atoms with E-state index in [1.165, 1.54) is 0 Å². The van der Waals surface area contributed by atoms with E-state index < -0.39 is 18.0 Å². The number of benzene rings is 2. The Morgan fingerprint density at radius 2 is 1.60 bits per heavy atom. The second-order valence-electron chi connectivity index (χ2n) is 4.60. The van der Waals surface area contributed by atoms with Crippen LogP contribution in [0.5, 0.6) is 0 Å². The number of rotatable bonds is 5. The van der Waals surface area contributed by atoms with Crippen molar-refractivity contribution in [3.63, 3.8) is 0 Å². The molecule has 3 nitrogen and oxygen atoms in total. The molecule has 2 unspecified atom stereocenters. The topological polar surface area (TPSA) is 57.5 Å². The summed E-state index contributed by atoms with van der Waals surface area (Å²) in [5, 5.41) is 19.6. The fourth-order valence-electron chi connectivity index (χ4n) is 2.11. The molecule has 2 N–H and O–H groups in total. The fraction of sp³-hybridized carbons (Fsp3) is 0.188. The summed E-state index contributed by atoms with van der Waals surface area (Å²) in [4.78, 5) is 11.4. The van der Waals surface area contributed by atoms with Gasteiger partial charge in [-0.05, 0) is 29.7 Å². The van der Waals surface area contributed by atoms with E-state index in [2.05, 4.69) is 15.9 Å². The molecular weight excluding hydrogens is 320 g/mol. The predicted octanol–water partition coefficient (Wildman–Crippen LogP) is 3.74. The molecule has 0 fully saturated rings. The number of carboxylic acid groups (broad SMARTS) is 1. The van der Waals surface area contributed by atoms with Crippen LogP contribution in [0.3, 0.4) is 0 Å². The first kappa shape index (κ1) is 14.8. The Balaban J connectivity index is 2.18. The maximum Gasteiger partial charge on any atom is 0.311 e. The molecule has 104 valence electrons. The van der Waals surface area contributed by atoms with Gasteiger partial charge in [0.25, 0.3) is 0 Å². The van der Waals surface area contributed by atoms with E-state index >= 15 is 0 Å². The van der Waals surface area contributed by atoms with E-state index in [9.17, 15) is 15.0 Å². The lowest BCUT2D eigenvalue weighted by atomic mass is 9.91. The molecule has 0 heterocycles. The number of carbonyl (C=O) groups is 1. The molecule has 2 atom stereocenters. The number of aliphatic hydroxyl groups is 1. The van der Waals surface area contributed by atoms with Crippen molar-refractivity contribution in [3.05, 3.63) is 70.2 Å². The van der Waals surface area contributed by atoms with E-state index in [-0.39, 0.29) is 6.42 Å². The number of aliphatic hydroxyl groups excluding tert-OH is 1. The van der Waals surface area contributed by atoms with Crippen molar-refractivity contribution in [3.8, 4) is 0 Å². The maximum atomic E-state index is 11.4. The van der Waals surface area contributed by atoms with Crippen molar-refractivity contribution < 1.29 is 15.0 Å². The molecule has 0 saturated heterocycles. The van der Waals surface area contributed by atoms with Crippen LogP contribution in [0.15, 0.2) is 59.1 Å². The van der Waals surface area contributed by atoms with Crippen molar-refractivity contribution >= 4 is 21.9 Å². The lowest BCUT2D eigenvalue weighted by Gasteiger charge is -2.17. The summed E-state index contributed by atoms with van der Waals surface area (Å²) in [5.74, 6) is -1.65. The third-order valence-corrected chi connectivity index (χ3v) is 3.74. The molecule has 0 aliphatic rings. The zero-order valence-electron chi connectivity index (χ0n) is 10.7. The number of aliphatic carboxylic acids is 1. The third kappa shape index (κ3) is 3.68. The quantitative estimate of drug-likeness (QED) is 0.875. The second-order valence-corrected chi connectivity index (χ2v) is 5.52. The Bertz CT molecular complexity index is 566. The average Bonchev–Trinajstić information content (AvgIpc) is 2.46. The molecule has 4 heteroatoms. The van der Waals surface area contributed by atoms with Crippen LogP contribution >= 0.6 is 15.9 Å². The summed E-state index contributed by atoms with van der Waals surface area (Å²) in [6.07, 6.45) is -0.637. The Kier molecular flexibility index (Phi) is 4.93. The highest BCUT2D eigenvalue weighted by atomic mass is 79.9. The lowest BCUT2D eigenvalue weighted by molar-refractivity contribution is -0.139. The zero-order chi connectivity index (χ0) is 14.5. The molecule has 20 heavy (non-hydrogen) atoms. The Hall–Kier alpha value is -1.65. The lowest BCUT2D eigenvalue weighted by Crippen LogP contribution is -2.15. The molecule has 2 aromatic carbocycles. The van der Waals surface area contributed by atoms with E-state index in [1.54, 1.807) is 36.4 Å². The van der Waals surface area contributed by atoms with Crippen molar-refractivity contribution in [1.82, 2.24) is 0 Å². The molecule has 2 rings (SSSR count). The standard InChI is InChI=1S/C16H15BrO3/c17-13-8-6-11(7-9-13)14(16(19)20)10-15(18)12-4-2-1-3-5-12/h1-9,14-15,18H,10H2,(H,19,20). The van der Waals surface area contributed by atoms with Gasteiger partial charge < -0.3 is 10.2 Å². The average molecular weight is 335 g/mol. The molecule has 0 saturated carbocycles. The molecule has 0 radical (unpaired) electrons. The molecule has 0 aliphatic carbocycles. The minimum Gasteiger partial charge on any atom is -0.481 e. The molecule has 0 bridgehead atoms. The van der Waals surface area contributed by atoms with E-state index in [4.69, 9.17) is 0 Å². The van der Waals surface area contributed by atoms with Crippen LogP contribution in [0, 0.1) is 0 Å².